The fraction of sp³-hybridized carbons (Fsp3) is 0.538. The summed E-state index contributed by atoms with van der Waals surface area (Å²) in [4.78, 5) is 31.3. The van der Waals surface area contributed by atoms with E-state index in [1.165, 1.54) is 11.8 Å². The average molecular weight is 296 g/mol. The molecule has 6 nitrogen and oxygen atoms in total. The Balaban J connectivity index is 2.23. The summed E-state index contributed by atoms with van der Waals surface area (Å²) in [7, 11) is 0. The summed E-state index contributed by atoms with van der Waals surface area (Å²) >= 11 is 1.29. The van der Waals surface area contributed by atoms with E-state index in [-0.39, 0.29) is 17.1 Å². The van der Waals surface area contributed by atoms with Gasteiger partial charge in [0.05, 0.1) is 5.25 Å². The van der Waals surface area contributed by atoms with Crippen LogP contribution in [0.1, 0.15) is 26.7 Å². The normalized spacial score (nSPS) is 11.7. The lowest BCUT2D eigenvalue weighted by atomic mass is 10.3. The second-order valence-corrected chi connectivity index (χ2v) is 5.49. The van der Waals surface area contributed by atoms with Gasteiger partial charge in [-0.15, -0.1) is 0 Å². The quantitative estimate of drug-likeness (QED) is 0.552. The molecule has 0 radical (unpaired) electrons. The van der Waals surface area contributed by atoms with Crippen molar-refractivity contribution in [3.05, 3.63) is 18.5 Å². The summed E-state index contributed by atoms with van der Waals surface area (Å²) in [6.45, 7) is 4.79. The third-order valence-electron chi connectivity index (χ3n) is 2.42. The standard InChI is InChI=1S/C13H20N4O2S/c1-3-6-14-11(18)5-9-15-12(19)10(2)20-13-16-7-4-8-17-13/h4,7-8,10H,3,5-6,9H2,1-2H3,(H,14,18)(H,15,19)/t10-/m0/s1. The van der Waals surface area contributed by atoms with Crippen LogP contribution in [0, 0.1) is 0 Å². The first-order valence-corrected chi connectivity index (χ1v) is 7.49. The van der Waals surface area contributed by atoms with Gasteiger partial charge in [-0.2, -0.15) is 0 Å². The number of carbonyl (C=O) groups is 2. The molecule has 20 heavy (non-hydrogen) atoms. The number of rotatable bonds is 8. The molecule has 0 saturated heterocycles. The van der Waals surface area contributed by atoms with E-state index in [0.29, 0.717) is 24.7 Å². The van der Waals surface area contributed by atoms with Crippen molar-refractivity contribution in [2.24, 2.45) is 0 Å². The van der Waals surface area contributed by atoms with Crippen molar-refractivity contribution in [2.45, 2.75) is 37.1 Å². The van der Waals surface area contributed by atoms with Crippen molar-refractivity contribution in [3.63, 3.8) is 0 Å². The zero-order valence-corrected chi connectivity index (χ0v) is 12.6. The zero-order valence-electron chi connectivity index (χ0n) is 11.8. The van der Waals surface area contributed by atoms with Crippen LogP contribution in [0.15, 0.2) is 23.6 Å². The molecule has 1 aromatic heterocycles. The number of carbonyl (C=O) groups excluding carboxylic acids is 2. The predicted molar refractivity (Wildman–Crippen MR) is 78.3 cm³/mol. The monoisotopic (exact) mass is 296 g/mol. The molecular formula is C13H20N4O2S. The average Bonchev–Trinajstić information content (AvgIpc) is 2.46. The highest BCUT2D eigenvalue weighted by Gasteiger charge is 2.15. The van der Waals surface area contributed by atoms with E-state index in [4.69, 9.17) is 0 Å². The summed E-state index contributed by atoms with van der Waals surface area (Å²) in [5, 5.41) is 5.76. The van der Waals surface area contributed by atoms with E-state index in [2.05, 4.69) is 20.6 Å². The Bertz CT molecular complexity index is 428. The van der Waals surface area contributed by atoms with Crippen LogP contribution in [-0.2, 0) is 9.59 Å². The molecule has 0 unspecified atom stereocenters. The molecule has 0 bridgehead atoms. The Labute approximate surface area is 123 Å². The summed E-state index contributed by atoms with van der Waals surface area (Å²) in [6.07, 6.45) is 4.48. The van der Waals surface area contributed by atoms with Crippen LogP contribution in [0.4, 0.5) is 0 Å². The Morgan fingerprint density at radius 1 is 1.25 bits per heavy atom. The molecule has 0 aliphatic carbocycles. The van der Waals surface area contributed by atoms with Gasteiger partial charge in [0.2, 0.25) is 11.8 Å². The van der Waals surface area contributed by atoms with Crippen molar-refractivity contribution < 1.29 is 9.59 Å². The first kappa shape index (κ1) is 16.4. The third kappa shape index (κ3) is 6.51. The van der Waals surface area contributed by atoms with Crippen molar-refractivity contribution in [3.8, 4) is 0 Å². The third-order valence-corrected chi connectivity index (χ3v) is 3.41. The minimum atomic E-state index is -0.295. The Morgan fingerprint density at radius 2 is 1.95 bits per heavy atom. The van der Waals surface area contributed by atoms with Gasteiger partial charge in [-0.1, -0.05) is 18.7 Å². The Hall–Kier alpha value is -1.63. The van der Waals surface area contributed by atoms with Gasteiger partial charge < -0.3 is 10.6 Å². The van der Waals surface area contributed by atoms with E-state index < -0.39 is 0 Å². The molecule has 0 spiro atoms. The fourth-order valence-corrected chi connectivity index (χ4v) is 2.10. The summed E-state index contributed by atoms with van der Waals surface area (Å²) < 4.78 is 0. The maximum Gasteiger partial charge on any atom is 0.233 e. The van der Waals surface area contributed by atoms with Crippen LogP contribution in [-0.4, -0.2) is 40.1 Å². The first-order chi connectivity index (χ1) is 9.63. The topological polar surface area (TPSA) is 84.0 Å². The van der Waals surface area contributed by atoms with Gasteiger partial charge in [-0.25, -0.2) is 9.97 Å². The van der Waals surface area contributed by atoms with Crippen LogP contribution >= 0.6 is 11.8 Å². The molecule has 0 saturated carbocycles. The number of amides is 2. The van der Waals surface area contributed by atoms with Gasteiger partial charge in [0.25, 0.3) is 0 Å². The number of hydrogen-bond donors (Lipinski definition) is 2. The van der Waals surface area contributed by atoms with Gasteiger partial charge in [0.1, 0.15) is 0 Å². The zero-order chi connectivity index (χ0) is 14.8. The predicted octanol–water partition coefficient (Wildman–Crippen LogP) is 0.990. The van der Waals surface area contributed by atoms with E-state index in [1.54, 1.807) is 25.4 Å². The van der Waals surface area contributed by atoms with Gasteiger partial charge in [0, 0.05) is 31.9 Å². The molecule has 1 heterocycles. The summed E-state index contributed by atoms with van der Waals surface area (Å²) in [6, 6.07) is 1.73. The molecule has 1 aromatic rings. The molecular weight excluding hydrogens is 276 g/mol. The maximum absolute atomic E-state index is 11.8. The van der Waals surface area contributed by atoms with Crippen LogP contribution in [0.3, 0.4) is 0 Å². The molecule has 0 aliphatic rings. The Morgan fingerprint density at radius 3 is 2.60 bits per heavy atom. The second-order valence-electron chi connectivity index (χ2n) is 4.18. The Kier molecular flexibility index (Phi) is 7.64. The van der Waals surface area contributed by atoms with Gasteiger partial charge in [-0.3, -0.25) is 9.59 Å². The molecule has 7 heteroatoms. The minimum absolute atomic E-state index is 0.0427. The molecule has 1 atom stereocenters. The largest absolute Gasteiger partial charge is 0.356 e. The van der Waals surface area contributed by atoms with Crippen molar-refractivity contribution in [2.75, 3.05) is 13.1 Å². The van der Waals surface area contributed by atoms with Gasteiger partial charge >= 0.3 is 0 Å². The lowest BCUT2D eigenvalue weighted by Gasteiger charge is -2.10. The van der Waals surface area contributed by atoms with Crippen LogP contribution < -0.4 is 10.6 Å². The highest BCUT2D eigenvalue weighted by Crippen LogP contribution is 2.17. The highest BCUT2D eigenvalue weighted by atomic mass is 32.2. The van der Waals surface area contributed by atoms with Gasteiger partial charge in [0.15, 0.2) is 5.16 Å². The molecule has 0 fully saturated rings. The molecule has 2 amide bonds. The molecule has 0 aromatic carbocycles. The summed E-state index contributed by atoms with van der Waals surface area (Å²) in [5.41, 5.74) is 0. The number of nitrogens with zero attached hydrogens (tertiary/aromatic N) is 2. The van der Waals surface area contributed by atoms with Crippen molar-refractivity contribution in [1.29, 1.82) is 0 Å². The van der Waals surface area contributed by atoms with Crippen molar-refractivity contribution in [1.82, 2.24) is 20.6 Å². The number of thioether (sulfide) groups is 1. The molecule has 0 aliphatic heterocycles. The lowest BCUT2D eigenvalue weighted by molar-refractivity contribution is -0.122. The number of aromatic nitrogens is 2. The van der Waals surface area contributed by atoms with E-state index in [9.17, 15) is 9.59 Å². The van der Waals surface area contributed by atoms with Crippen LogP contribution in [0.5, 0.6) is 0 Å². The second kappa shape index (κ2) is 9.30. The lowest BCUT2D eigenvalue weighted by Crippen LogP contribution is -2.34. The fourth-order valence-electron chi connectivity index (χ4n) is 1.35. The highest BCUT2D eigenvalue weighted by molar-refractivity contribution is 8.00. The summed E-state index contributed by atoms with van der Waals surface area (Å²) in [5.74, 6) is -0.162. The van der Waals surface area contributed by atoms with E-state index in [0.717, 1.165) is 6.42 Å². The van der Waals surface area contributed by atoms with Gasteiger partial charge in [-0.05, 0) is 19.4 Å². The van der Waals surface area contributed by atoms with E-state index >= 15 is 0 Å². The minimum Gasteiger partial charge on any atom is -0.356 e. The number of hydrogen-bond acceptors (Lipinski definition) is 5. The maximum atomic E-state index is 11.8. The first-order valence-electron chi connectivity index (χ1n) is 6.61. The van der Waals surface area contributed by atoms with Crippen molar-refractivity contribution >= 4 is 23.6 Å². The SMILES string of the molecule is CCCNC(=O)CCNC(=O)[C@H](C)Sc1ncccn1. The van der Waals surface area contributed by atoms with Crippen LogP contribution in [0.2, 0.25) is 0 Å². The molecule has 1 rings (SSSR count). The number of nitrogens with one attached hydrogen (secondary N) is 2. The molecule has 110 valence electrons. The molecule has 2 N–H and O–H groups in total. The van der Waals surface area contributed by atoms with E-state index in [1.807, 2.05) is 6.92 Å². The smallest absolute Gasteiger partial charge is 0.233 e. The van der Waals surface area contributed by atoms with Crippen LogP contribution in [0.25, 0.3) is 0 Å².